The van der Waals surface area contributed by atoms with E-state index in [4.69, 9.17) is 9.57 Å². The molecule has 210 valence electrons. The molecule has 3 atom stereocenters. The summed E-state index contributed by atoms with van der Waals surface area (Å²) in [4.78, 5) is 58.0. The minimum atomic E-state index is -1.43. The van der Waals surface area contributed by atoms with Gasteiger partial charge >= 0.3 is 18.0 Å². The van der Waals surface area contributed by atoms with Crippen molar-refractivity contribution in [3.63, 3.8) is 0 Å². The molecule has 0 aliphatic carbocycles. The normalized spacial score (nSPS) is 19.6. The fraction of sp³-hybridized carbons (Fsp3) is 0.448. The van der Waals surface area contributed by atoms with E-state index < -0.39 is 40.3 Å². The molecule has 3 rings (SSSR count). The molecular formula is C29H38N3O7+. The zero-order chi connectivity index (χ0) is 28.1. The van der Waals surface area contributed by atoms with Crippen molar-refractivity contribution in [1.29, 1.82) is 0 Å². The van der Waals surface area contributed by atoms with Crippen LogP contribution in [0.5, 0.6) is 0 Å². The topological polar surface area (TPSA) is 131 Å². The van der Waals surface area contributed by atoms with Crippen LogP contribution in [0.3, 0.4) is 0 Å². The molecule has 39 heavy (non-hydrogen) atoms. The highest BCUT2D eigenvalue weighted by Gasteiger charge is 2.58. The van der Waals surface area contributed by atoms with Crippen LogP contribution in [0.2, 0.25) is 0 Å². The number of nitrogens with one attached hydrogen (secondary N) is 2. The molecule has 1 aliphatic rings. The van der Waals surface area contributed by atoms with Gasteiger partial charge in [0.25, 0.3) is 0 Å². The monoisotopic (exact) mass is 540 g/mol. The number of imide groups is 1. The Hall–Kier alpha value is -3.60. The second kappa shape index (κ2) is 15.1. The molecule has 0 spiro atoms. The predicted molar refractivity (Wildman–Crippen MR) is 143 cm³/mol. The summed E-state index contributed by atoms with van der Waals surface area (Å²) in [5, 5.41) is 13.4. The van der Waals surface area contributed by atoms with E-state index in [0.717, 1.165) is 24.0 Å². The molecule has 2 aromatic carbocycles. The van der Waals surface area contributed by atoms with E-state index in [2.05, 4.69) is 10.8 Å². The van der Waals surface area contributed by atoms with Crippen molar-refractivity contribution < 1.29 is 38.3 Å². The Morgan fingerprint density at radius 3 is 2.26 bits per heavy atom. The number of quaternary nitrogens is 1. The highest BCUT2D eigenvalue weighted by Crippen LogP contribution is 2.28. The van der Waals surface area contributed by atoms with Crippen molar-refractivity contribution in [1.82, 2.24) is 10.8 Å². The fourth-order valence-electron chi connectivity index (χ4n) is 4.80. The molecule has 0 saturated carbocycles. The Morgan fingerprint density at radius 1 is 1.00 bits per heavy atom. The first-order valence-electron chi connectivity index (χ1n) is 13.4. The van der Waals surface area contributed by atoms with Crippen LogP contribution in [0.25, 0.3) is 0 Å². The smallest absolute Gasteiger partial charge is 0.456 e. The van der Waals surface area contributed by atoms with Crippen LogP contribution in [-0.2, 0) is 37.2 Å². The van der Waals surface area contributed by atoms with Crippen LogP contribution >= 0.6 is 0 Å². The van der Waals surface area contributed by atoms with E-state index in [9.17, 15) is 24.3 Å². The van der Waals surface area contributed by atoms with Crippen LogP contribution in [0.15, 0.2) is 60.7 Å². The molecule has 2 aromatic rings. The summed E-state index contributed by atoms with van der Waals surface area (Å²) in [5.74, 6) is -2.87. The van der Waals surface area contributed by atoms with E-state index in [-0.39, 0.29) is 39.3 Å². The molecule has 1 heterocycles. The molecule has 0 bridgehead atoms. The number of hydrogen-bond acceptors (Lipinski definition) is 7. The lowest BCUT2D eigenvalue weighted by molar-refractivity contribution is -0.804. The summed E-state index contributed by atoms with van der Waals surface area (Å²) in [6.07, 6.45) is 1.02. The lowest BCUT2D eigenvalue weighted by atomic mass is 9.93. The third kappa shape index (κ3) is 8.19. The van der Waals surface area contributed by atoms with Gasteiger partial charge in [0, 0.05) is 13.0 Å². The largest absolute Gasteiger partial charge is 0.521 e. The number of esters is 1. The van der Waals surface area contributed by atoms with Gasteiger partial charge in [0.1, 0.15) is 13.2 Å². The number of unbranched alkanes of at least 4 members (excludes halogenated alkanes) is 2. The Kier molecular flexibility index (Phi) is 11.6. The third-order valence-corrected chi connectivity index (χ3v) is 6.95. The van der Waals surface area contributed by atoms with Crippen LogP contribution in [-0.4, -0.2) is 59.1 Å². The zero-order valence-corrected chi connectivity index (χ0v) is 22.3. The molecule has 1 saturated heterocycles. The van der Waals surface area contributed by atoms with Crippen molar-refractivity contribution >= 4 is 23.9 Å². The van der Waals surface area contributed by atoms with Crippen molar-refractivity contribution in [2.45, 2.75) is 58.3 Å². The molecule has 1 unspecified atom stereocenters. The van der Waals surface area contributed by atoms with Crippen molar-refractivity contribution in [3.8, 4) is 0 Å². The Labute approximate surface area is 228 Å². The van der Waals surface area contributed by atoms with E-state index in [1.54, 1.807) is 12.1 Å². The van der Waals surface area contributed by atoms with E-state index in [0.29, 0.717) is 12.8 Å². The molecule has 1 fully saturated rings. The molecule has 3 N–H and O–H groups in total. The van der Waals surface area contributed by atoms with E-state index in [1.165, 1.54) is 0 Å². The number of ether oxygens (including phenoxy) is 1. The second-order valence-electron chi connectivity index (χ2n) is 9.72. The number of nitrogens with zero attached hydrogens (tertiary/aromatic N) is 1. The minimum Gasteiger partial charge on any atom is -0.456 e. The average Bonchev–Trinajstić information content (AvgIpc) is 2.96. The molecule has 3 amide bonds. The number of carboxylic acid groups (broad SMARTS) is 1. The first-order valence-corrected chi connectivity index (χ1v) is 13.4. The van der Waals surface area contributed by atoms with E-state index >= 15 is 0 Å². The van der Waals surface area contributed by atoms with Crippen molar-refractivity contribution in [3.05, 3.63) is 71.8 Å². The highest BCUT2D eigenvalue weighted by atomic mass is 16.6. The van der Waals surface area contributed by atoms with Gasteiger partial charge in [-0.15, -0.1) is 4.48 Å². The van der Waals surface area contributed by atoms with Crippen molar-refractivity contribution in [2.75, 3.05) is 19.6 Å². The Morgan fingerprint density at radius 2 is 1.64 bits per heavy atom. The number of benzene rings is 2. The summed E-state index contributed by atoms with van der Waals surface area (Å²) < 4.78 is 4.37. The van der Waals surface area contributed by atoms with E-state index in [1.807, 2.05) is 55.5 Å². The van der Waals surface area contributed by atoms with Gasteiger partial charge in [-0.3, -0.25) is 9.63 Å². The first kappa shape index (κ1) is 29.9. The number of hydroxylamine groups is 1. The Balaban J connectivity index is 1.75. The molecule has 1 aliphatic heterocycles. The van der Waals surface area contributed by atoms with Gasteiger partial charge in [0.2, 0.25) is 11.9 Å². The van der Waals surface area contributed by atoms with Crippen LogP contribution in [0.1, 0.15) is 50.2 Å². The van der Waals surface area contributed by atoms with Gasteiger partial charge in [-0.05, 0) is 17.5 Å². The quantitative estimate of drug-likeness (QED) is 0.152. The lowest BCUT2D eigenvalue weighted by Crippen LogP contribution is -2.73. The summed E-state index contributed by atoms with van der Waals surface area (Å²) >= 11 is 0. The summed E-state index contributed by atoms with van der Waals surface area (Å²) in [6.45, 7) is 2.20. The summed E-state index contributed by atoms with van der Waals surface area (Å²) in [5.41, 5.74) is 3.99. The number of piperazine rings is 1. The molecule has 10 heteroatoms. The van der Waals surface area contributed by atoms with Gasteiger partial charge in [0.05, 0.1) is 19.1 Å². The number of carbonyl (C=O) groups is 4. The predicted octanol–water partition coefficient (Wildman–Crippen LogP) is 3.56. The maximum Gasteiger partial charge on any atom is 0.521 e. The maximum atomic E-state index is 14.0. The highest BCUT2D eigenvalue weighted by molar-refractivity contribution is 5.90. The van der Waals surface area contributed by atoms with Gasteiger partial charge in [-0.2, -0.15) is 4.79 Å². The Bertz CT molecular complexity index is 1100. The number of hydrogen-bond donors (Lipinski definition) is 3. The van der Waals surface area contributed by atoms with Gasteiger partial charge in [-0.1, -0.05) is 86.8 Å². The van der Waals surface area contributed by atoms with Crippen LogP contribution in [0.4, 0.5) is 4.79 Å². The average molecular weight is 541 g/mol. The summed E-state index contributed by atoms with van der Waals surface area (Å²) in [7, 11) is 0. The molecule has 0 aromatic heterocycles. The van der Waals surface area contributed by atoms with Gasteiger partial charge < -0.3 is 15.2 Å². The number of rotatable bonds is 13. The zero-order valence-electron chi connectivity index (χ0n) is 22.3. The standard InChI is InChI=1S/C29H37N3O7/c1-2-3-6-15-24(18-26(33)31-39-21-23-13-9-5-10-14-23)27(34)32(29(36)37)17-16-30-19-25(32)28(35)38-20-22-11-7-4-8-12-22/h4-5,7-14,24-25,30H,2-3,6,15-21H2,1H3,(H-,31,33,36,37)/p+1/t24-,25?,32-/m1/s1. The SMILES string of the molecule is CCCCC[C@H](CC(=O)NOCc1ccccc1)C(=O)[N@@+]1(C(=O)O)CCNCC1C(=O)OCc1ccccc1. The van der Waals surface area contributed by atoms with Gasteiger partial charge in [0.15, 0.2) is 0 Å². The first-order chi connectivity index (χ1) is 18.9. The van der Waals surface area contributed by atoms with Gasteiger partial charge in [-0.25, -0.2) is 15.1 Å². The molecule has 10 nitrogen and oxygen atoms in total. The van der Waals surface area contributed by atoms with Crippen LogP contribution < -0.4 is 10.8 Å². The number of amides is 3. The summed E-state index contributed by atoms with van der Waals surface area (Å²) in [6, 6.07) is 17.0. The fourth-order valence-corrected chi connectivity index (χ4v) is 4.80. The number of carbonyl (C=O) groups excluding carboxylic acids is 3. The lowest BCUT2D eigenvalue weighted by Gasteiger charge is -2.40. The molecular weight excluding hydrogens is 502 g/mol. The minimum absolute atomic E-state index is 0.0280. The third-order valence-electron chi connectivity index (χ3n) is 6.95. The van der Waals surface area contributed by atoms with Crippen molar-refractivity contribution in [2.24, 2.45) is 5.92 Å². The molecule has 0 radical (unpaired) electrons. The second-order valence-corrected chi connectivity index (χ2v) is 9.72. The maximum absolute atomic E-state index is 14.0. The van der Waals surface area contributed by atoms with Crippen LogP contribution in [0, 0.1) is 5.92 Å².